The lowest BCUT2D eigenvalue weighted by atomic mass is 9.94. The fourth-order valence-corrected chi connectivity index (χ4v) is 2.77. The summed E-state index contributed by atoms with van der Waals surface area (Å²) in [4.78, 5) is 24.2. The lowest BCUT2D eigenvalue weighted by Gasteiger charge is -2.19. The molecule has 1 fully saturated rings. The molecule has 1 saturated heterocycles. The van der Waals surface area contributed by atoms with Crippen LogP contribution in [0.4, 0.5) is 10.5 Å². The molecule has 1 heterocycles. The SMILES string of the molecule is O=C(Nc1ccc(Cl)cc1)NC1C(=O)NCC1c1ccccc1. The molecular formula is C17H16ClN3O2. The van der Waals surface area contributed by atoms with Gasteiger partial charge in [0.1, 0.15) is 6.04 Å². The molecule has 0 radical (unpaired) electrons. The van der Waals surface area contributed by atoms with Gasteiger partial charge in [0.2, 0.25) is 5.91 Å². The number of hydrogen-bond donors (Lipinski definition) is 3. The number of rotatable bonds is 3. The summed E-state index contributed by atoms with van der Waals surface area (Å²) < 4.78 is 0. The van der Waals surface area contributed by atoms with Crippen LogP contribution in [0.3, 0.4) is 0 Å². The zero-order valence-corrected chi connectivity index (χ0v) is 13.0. The highest BCUT2D eigenvalue weighted by atomic mass is 35.5. The molecule has 23 heavy (non-hydrogen) atoms. The number of halogens is 1. The van der Waals surface area contributed by atoms with E-state index < -0.39 is 12.1 Å². The van der Waals surface area contributed by atoms with Gasteiger partial charge in [0.25, 0.3) is 0 Å². The highest BCUT2D eigenvalue weighted by molar-refractivity contribution is 6.30. The molecule has 0 saturated carbocycles. The molecule has 2 unspecified atom stereocenters. The van der Waals surface area contributed by atoms with Gasteiger partial charge in [-0.3, -0.25) is 4.79 Å². The highest BCUT2D eigenvalue weighted by Crippen LogP contribution is 2.23. The summed E-state index contributed by atoms with van der Waals surface area (Å²) in [7, 11) is 0. The second-order valence-electron chi connectivity index (χ2n) is 5.35. The van der Waals surface area contributed by atoms with Crippen LogP contribution in [0.1, 0.15) is 11.5 Å². The van der Waals surface area contributed by atoms with E-state index in [9.17, 15) is 9.59 Å². The van der Waals surface area contributed by atoms with Crippen molar-refractivity contribution in [2.45, 2.75) is 12.0 Å². The Morgan fingerprint density at radius 2 is 1.78 bits per heavy atom. The average Bonchev–Trinajstić information content (AvgIpc) is 2.91. The van der Waals surface area contributed by atoms with E-state index in [2.05, 4.69) is 16.0 Å². The van der Waals surface area contributed by atoms with Crippen LogP contribution < -0.4 is 16.0 Å². The Balaban J connectivity index is 1.68. The lowest BCUT2D eigenvalue weighted by Crippen LogP contribution is -2.44. The maximum Gasteiger partial charge on any atom is 0.319 e. The molecule has 0 aliphatic carbocycles. The van der Waals surface area contributed by atoms with Crippen molar-refractivity contribution >= 4 is 29.2 Å². The van der Waals surface area contributed by atoms with Gasteiger partial charge in [0.15, 0.2) is 0 Å². The molecule has 2 atom stereocenters. The van der Waals surface area contributed by atoms with Crippen LogP contribution in [-0.2, 0) is 4.79 Å². The zero-order chi connectivity index (χ0) is 16.2. The summed E-state index contributed by atoms with van der Waals surface area (Å²) in [5.41, 5.74) is 1.63. The Morgan fingerprint density at radius 1 is 1.09 bits per heavy atom. The van der Waals surface area contributed by atoms with Crippen LogP contribution in [-0.4, -0.2) is 24.5 Å². The largest absolute Gasteiger partial charge is 0.354 e. The molecule has 0 spiro atoms. The van der Waals surface area contributed by atoms with E-state index in [-0.39, 0.29) is 11.8 Å². The number of amides is 3. The fraction of sp³-hybridized carbons (Fsp3) is 0.176. The molecule has 5 nitrogen and oxygen atoms in total. The standard InChI is InChI=1S/C17H16ClN3O2/c18-12-6-8-13(9-7-12)20-17(23)21-15-14(10-19-16(15)22)11-4-2-1-3-5-11/h1-9,14-15H,10H2,(H,19,22)(H2,20,21,23). The molecule has 0 bridgehead atoms. The molecule has 6 heteroatoms. The molecule has 2 aromatic rings. The van der Waals surface area contributed by atoms with Gasteiger partial charge in [-0.25, -0.2) is 4.79 Å². The topological polar surface area (TPSA) is 70.2 Å². The van der Waals surface area contributed by atoms with Crippen LogP contribution in [0.5, 0.6) is 0 Å². The van der Waals surface area contributed by atoms with E-state index in [4.69, 9.17) is 11.6 Å². The minimum atomic E-state index is -0.593. The third kappa shape index (κ3) is 3.63. The summed E-state index contributed by atoms with van der Waals surface area (Å²) in [6.07, 6.45) is 0. The Bertz CT molecular complexity index is 704. The molecule has 0 aromatic heterocycles. The Labute approximate surface area is 139 Å². The monoisotopic (exact) mass is 329 g/mol. The first-order chi connectivity index (χ1) is 11.1. The van der Waals surface area contributed by atoms with E-state index in [0.29, 0.717) is 17.3 Å². The van der Waals surface area contributed by atoms with E-state index in [0.717, 1.165) is 5.56 Å². The van der Waals surface area contributed by atoms with Crippen molar-refractivity contribution in [3.05, 3.63) is 65.2 Å². The molecule has 1 aliphatic rings. The van der Waals surface area contributed by atoms with Crippen molar-refractivity contribution in [3.63, 3.8) is 0 Å². The maximum absolute atomic E-state index is 12.1. The van der Waals surface area contributed by atoms with Gasteiger partial charge in [0, 0.05) is 23.2 Å². The summed E-state index contributed by atoms with van der Waals surface area (Å²) in [5, 5.41) is 8.83. The molecular weight excluding hydrogens is 314 g/mol. The van der Waals surface area contributed by atoms with E-state index in [1.54, 1.807) is 24.3 Å². The Hall–Kier alpha value is -2.53. The van der Waals surface area contributed by atoms with Gasteiger partial charge >= 0.3 is 6.03 Å². The third-order valence-corrected chi connectivity index (χ3v) is 4.05. The summed E-state index contributed by atoms with van der Waals surface area (Å²) >= 11 is 5.81. The van der Waals surface area contributed by atoms with E-state index in [1.165, 1.54) is 0 Å². The first-order valence-electron chi connectivity index (χ1n) is 7.29. The van der Waals surface area contributed by atoms with Crippen molar-refractivity contribution in [1.82, 2.24) is 10.6 Å². The van der Waals surface area contributed by atoms with Gasteiger partial charge in [-0.05, 0) is 29.8 Å². The summed E-state index contributed by atoms with van der Waals surface area (Å²) in [6, 6.07) is 15.4. The van der Waals surface area contributed by atoms with Crippen LogP contribution in [0.25, 0.3) is 0 Å². The van der Waals surface area contributed by atoms with Crippen LogP contribution in [0, 0.1) is 0 Å². The molecule has 3 N–H and O–H groups in total. The minimum Gasteiger partial charge on any atom is -0.354 e. The number of anilines is 1. The molecule has 3 rings (SSSR count). The summed E-state index contributed by atoms with van der Waals surface area (Å²) in [5.74, 6) is -0.259. The predicted molar refractivity (Wildman–Crippen MR) is 89.6 cm³/mol. The zero-order valence-electron chi connectivity index (χ0n) is 12.3. The second kappa shape index (κ2) is 6.71. The molecule has 118 valence electrons. The normalized spacial score (nSPS) is 20.0. The van der Waals surface area contributed by atoms with Crippen molar-refractivity contribution in [2.24, 2.45) is 0 Å². The number of nitrogens with one attached hydrogen (secondary N) is 3. The van der Waals surface area contributed by atoms with Gasteiger partial charge in [-0.2, -0.15) is 0 Å². The van der Waals surface area contributed by atoms with Crippen LogP contribution in [0.2, 0.25) is 5.02 Å². The van der Waals surface area contributed by atoms with Gasteiger partial charge in [-0.1, -0.05) is 41.9 Å². The molecule has 1 aliphatic heterocycles. The lowest BCUT2D eigenvalue weighted by molar-refractivity contribution is -0.120. The number of carbonyl (C=O) groups excluding carboxylic acids is 2. The maximum atomic E-state index is 12.1. The first kappa shape index (κ1) is 15.4. The summed E-state index contributed by atoms with van der Waals surface area (Å²) in [6.45, 7) is 0.509. The number of benzene rings is 2. The van der Waals surface area contributed by atoms with Crippen molar-refractivity contribution in [3.8, 4) is 0 Å². The van der Waals surface area contributed by atoms with E-state index >= 15 is 0 Å². The number of hydrogen-bond acceptors (Lipinski definition) is 2. The third-order valence-electron chi connectivity index (χ3n) is 3.80. The second-order valence-corrected chi connectivity index (χ2v) is 5.78. The van der Waals surface area contributed by atoms with Crippen LogP contribution >= 0.6 is 11.6 Å². The number of urea groups is 1. The molecule has 2 aromatic carbocycles. The Morgan fingerprint density at radius 3 is 2.48 bits per heavy atom. The first-order valence-corrected chi connectivity index (χ1v) is 7.67. The van der Waals surface area contributed by atoms with E-state index in [1.807, 2.05) is 30.3 Å². The predicted octanol–water partition coefficient (Wildman–Crippen LogP) is 2.74. The van der Waals surface area contributed by atoms with Crippen molar-refractivity contribution in [1.29, 1.82) is 0 Å². The van der Waals surface area contributed by atoms with Crippen molar-refractivity contribution in [2.75, 3.05) is 11.9 Å². The molecule has 3 amide bonds. The fourth-order valence-electron chi connectivity index (χ4n) is 2.64. The quantitative estimate of drug-likeness (QED) is 0.810. The smallest absolute Gasteiger partial charge is 0.319 e. The Kier molecular flexibility index (Phi) is 4.48. The van der Waals surface area contributed by atoms with Crippen LogP contribution in [0.15, 0.2) is 54.6 Å². The van der Waals surface area contributed by atoms with Crippen molar-refractivity contribution < 1.29 is 9.59 Å². The average molecular weight is 330 g/mol. The van der Waals surface area contributed by atoms with Gasteiger partial charge in [-0.15, -0.1) is 0 Å². The minimum absolute atomic E-state index is 0.0836. The van der Waals surface area contributed by atoms with Gasteiger partial charge < -0.3 is 16.0 Å². The number of carbonyl (C=O) groups is 2. The highest BCUT2D eigenvalue weighted by Gasteiger charge is 2.36. The van der Waals surface area contributed by atoms with Gasteiger partial charge in [0.05, 0.1) is 0 Å².